The number of rotatable bonds is 5. The van der Waals surface area contributed by atoms with Gasteiger partial charge in [-0.15, -0.1) is 0 Å². The van der Waals surface area contributed by atoms with E-state index in [9.17, 15) is 8.42 Å². The number of sulfonamides is 1. The quantitative estimate of drug-likeness (QED) is 0.646. The first kappa shape index (κ1) is 11.9. The van der Waals surface area contributed by atoms with Gasteiger partial charge in [-0.3, -0.25) is 0 Å². The normalized spacial score (nSPS) is 15.1. The van der Waals surface area contributed by atoms with Crippen molar-refractivity contribution in [3.05, 3.63) is 0 Å². The van der Waals surface area contributed by atoms with Gasteiger partial charge in [-0.05, 0) is 12.8 Å². The van der Waals surface area contributed by atoms with Crippen LogP contribution in [0.25, 0.3) is 0 Å². The first-order valence-electron chi connectivity index (χ1n) is 3.98. The summed E-state index contributed by atoms with van der Waals surface area (Å²) in [5, 5.41) is 8.61. The van der Waals surface area contributed by atoms with E-state index in [2.05, 4.69) is 4.72 Å². The molecule has 0 saturated carbocycles. The molecule has 0 rings (SSSR count). The van der Waals surface area contributed by atoms with Crippen molar-refractivity contribution >= 4 is 10.0 Å². The number of aliphatic hydroxyl groups excluding tert-OH is 1. The van der Waals surface area contributed by atoms with Gasteiger partial charge in [-0.1, -0.05) is 13.8 Å². The van der Waals surface area contributed by atoms with Gasteiger partial charge in [0.25, 0.3) is 0 Å². The van der Waals surface area contributed by atoms with Crippen molar-refractivity contribution in [3.63, 3.8) is 0 Å². The highest BCUT2D eigenvalue weighted by atomic mass is 32.2. The van der Waals surface area contributed by atoms with E-state index in [4.69, 9.17) is 5.11 Å². The number of hydrogen-bond acceptors (Lipinski definition) is 3. The van der Waals surface area contributed by atoms with E-state index in [0.29, 0.717) is 0 Å². The molecule has 0 heterocycles. The fraction of sp³-hybridized carbons (Fsp3) is 1.00. The Kier molecular flexibility index (Phi) is 4.74. The Hall–Kier alpha value is -0.130. The molecule has 0 amide bonds. The molecule has 0 spiro atoms. The lowest BCUT2D eigenvalue weighted by Gasteiger charge is -2.12. The Bertz CT molecular complexity index is 211. The average molecular weight is 195 g/mol. The highest BCUT2D eigenvalue weighted by molar-refractivity contribution is 7.89. The molecule has 0 bridgehead atoms. The fourth-order valence-electron chi connectivity index (χ4n) is 0.831. The van der Waals surface area contributed by atoms with Crippen molar-refractivity contribution in [1.82, 2.24) is 4.72 Å². The Morgan fingerprint density at radius 2 is 1.83 bits per heavy atom. The molecule has 0 aromatic carbocycles. The zero-order valence-corrected chi connectivity index (χ0v) is 8.56. The molecule has 0 aliphatic carbocycles. The van der Waals surface area contributed by atoms with Crippen LogP contribution in [0.5, 0.6) is 0 Å². The highest BCUT2D eigenvalue weighted by Crippen LogP contribution is 1.98. The monoisotopic (exact) mass is 195 g/mol. The molecule has 74 valence electrons. The second-order valence-electron chi connectivity index (χ2n) is 3.38. The molecule has 2 N–H and O–H groups in total. The third kappa shape index (κ3) is 5.51. The van der Waals surface area contributed by atoms with E-state index in [0.717, 1.165) is 0 Å². The second kappa shape index (κ2) is 4.79. The summed E-state index contributed by atoms with van der Waals surface area (Å²) in [6, 6.07) is -0.395. The van der Waals surface area contributed by atoms with Gasteiger partial charge in [-0.25, -0.2) is 13.1 Å². The van der Waals surface area contributed by atoms with Crippen LogP contribution in [0.15, 0.2) is 0 Å². The van der Waals surface area contributed by atoms with E-state index in [1.54, 1.807) is 6.92 Å². The lowest BCUT2D eigenvalue weighted by Crippen LogP contribution is -2.37. The molecular weight excluding hydrogens is 178 g/mol. The van der Waals surface area contributed by atoms with Crippen LogP contribution in [-0.4, -0.2) is 31.9 Å². The predicted molar refractivity (Wildman–Crippen MR) is 48.3 cm³/mol. The van der Waals surface area contributed by atoms with E-state index in [1.807, 2.05) is 13.8 Å². The van der Waals surface area contributed by atoms with Gasteiger partial charge in [0.15, 0.2) is 0 Å². The second-order valence-corrected chi connectivity index (χ2v) is 5.18. The summed E-state index contributed by atoms with van der Waals surface area (Å²) in [6.07, 6.45) is 0. The smallest absolute Gasteiger partial charge is 0.212 e. The molecule has 0 radical (unpaired) electrons. The van der Waals surface area contributed by atoms with Crippen molar-refractivity contribution < 1.29 is 13.5 Å². The lowest BCUT2D eigenvalue weighted by atomic mass is 10.3. The van der Waals surface area contributed by atoms with Gasteiger partial charge in [0, 0.05) is 6.04 Å². The molecule has 0 aliphatic rings. The van der Waals surface area contributed by atoms with Crippen molar-refractivity contribution in [2.24, 2.45) is 5.92 Å². The molecule has 0 aromatic rings. The molecule has 1 unspecified atom stereocenters. The minimum absolute atomic E-state index is 0.105. The summed E-state index contributed by atoms with van der Waals surface area (Å²) in [7, 11) is -3.20. The molecule has 1 atom stereocenters. The van der Waals surface area contributed by atoms with Crippen LogP contribution in [0.2, 0.25) is 0 Å². The Morgan fingerprint density at radius 1 is 1.33 bits per heavy atom. The summed E-state index contributed by atoms with van der Waals surface area (Å²) in [5.74, 6) is 0.213. The van der Waals surface area contributed by atoms with Gasteiger partial charge in [0.1, 0.15) is 0 Å². The molecule has 5 heteroatoms. The van der Waals surface area contributed by atoms with E-state index < -0.39 is 16.1 Å². The Morgan fingerprint density at radius 3 is 2.17 bits per heavy atom. The van der Waals surface area contributed by atoms with Gasteiger partial charge >= 0.3 is 0 Å². The molecule has 0 aliphatic heterocycles. The van der Waals surface area contributed by atoms with Crippen molar-refractivity contribution in [2.75, 3.05) is 12.4 Å². The summed E-state index contributed by atoms with van der Waals surface area (Å²) < 4.78 is 24.7. The van der Waals surface area contributed by atoms with Crippen molar-refractivity contribution in [2.45, 2.75) is 26.8 Å². The maximum absolute atomic E-state index is 11.2. The predicted octanol–water partition coefficient (Wildman–Crippen LogP) is -0.0574. The van der Waals surface area contributed by atoms with E-state index in [1.165, 1.54) is 0 Å². The summed E-state index contributed by atoms with van der Waals surface area (Å²) in [4.78, 5) is 0. The SMILES string of the molecule is CC(C)CS(=O)(=O)NC(C)CO. The van der Waals surface area contributed by atoms with Crippen LogP contribution in [-0.2, 0) is 10.0 Å². The van der Waals surface area contributed by atoms with Gasteiger partial charge in [0.2, 0.25) is 10.0 Å². The first-order chi connectivity index (χ1) is 5.37. The van der Waals surface area contributed by atoms with Crippen LogP contribution in [0, 0.1) is 5.92 Å². The van der Waals surface area contributed by atoms with Crippen LogP contribution in [0.1, 0.15) is 20.8 Å². The van der Waals surface area contributed by atoms with Crippen molar-refractivity contribution in [1.29, 1.82) is 0 Å². The Balaban J connectivity index is 4.05. The van der Waals surface area contributed by atoms with E-state index in [-0.39, 0.29) is 18.3 Å². The summed E-state index contributed by atoms with van der Waals surface area (Å²) in [5.41, 5.74) is 0. The minimum Gasteiger partial charge on any atom is -0.395 e. The van der Waals surface area contributed by atoms with Crippen LogP contribution in [0.3, 0.4) is 0 Å². The topological polar surface area (TPSA) is 66.4 Å². The number of nitrogens with one attached hydrogen (secondary N) is 1. The minimum atomic E-state index is -3.20. The van der Waals surface area contributed by atoms with Crippen LogP contribution >= 0.6 is 0 Å². The molecule has 0 aromatic heterocycles. The van der Waals surface area contributed by atoms with Crippen LogP contribution < -0.4 is 4.72 Å². The molecule has 12 heavy (non-hydrogen) atoms. The number of aliphatic hydroxyl groups is 1. The third-order valence-electron chi connectivity index (χ3n) is 1.21. The standard InChI is InChI=1S/C7H17NO3S/c1-6(2)5-12(10,11)8-7(3)4-9/h6-9H,4-5H2,1-3H3. The van der Waals surface area contributed by atoms with E-state index >= 15 is 0 Å². The highest BCUT2D eigenvalue weighted by Gasteiger charge is 2.14. The zero-order chi connectivity index (χ0) is 9.78. The first-order valence-corrected chi connectivity index (χ1v) is 5.63. The Labute approximate surface area is 74.0 Å². The van der Waals surface area contributed by atoms with Crippen molar-refractivity contribution in [3.8, 4) is 0 Å². The molecule has 0 fully saturated rings. The third-order valence-corrected chi connectivity index (χ3v) is 3.07. The molecule has 4 nitrogen and oxygen atoms in total. The fourth-order valence-corrected chi connectivity index (χ4v) is 2.49. The number of hydrogen-bond donors (Lipinski definition) is 2. The zero-order valence-electron chi connectivity index (χ0n) is 7.74. The van der Waals surface area contributed by atoms with Gasteiger partial charge < -0.3 is 5.11 Å². The maximum Gasteiger partial charge on any atom is 0.212 e. The van der Waals surface area contributed by atoms with Gasteiger partial charge in [-0.2, -0.15) is 0 Å². The summed E-state index contributed by atoms with van der Waals surface area (Å²) in [6.45, 7) is 5.13. The average Bonchev–Trinajstić information content (AvgIpc) is 1.83. The lowest BCUT2D eigenvalue weighted by molar-refractivity contribution is 0.265. The molecule has 0 saturated heterocycles. The van der Waals surface area contributed by atoms with Crippen LogP contribution in [0.4, 0.5) is 0 Å². The molecular formula is C7H17NO3S. The maximum atomic E-state index is 11.2. The van der Waals surface area contributed by atoms with Gasteiger partial charge in [0.05, 0.1) is 12.4 Å². The largest absolute Gasteiger partial charge is 0.395 e. The summed E-state index contributed by atoms with van der Waals surface area (Å²) >= 11 is 0.